The van der Waals surface area contributed by atoms with Crippen LogP contribution in [0, 0.1) is 6.92 Å². The number of carbonyl (C=O) groups is 1. The van der Waals surface area contributed by atoms with Crippen molar-refractivity contribution in [3.05, 3.63) is 65.2 Å². The molecule has 162 valence electrons. The van der Waals surface area contributed by atoms with E-state index in [-0.39, 0.29) is 17.2 Å². The summed E-state index contributed by atoms with van der Waals surface area (Å²) < 4.78 is 2.14. The van der Waals surface area contributed by atoms with Crippen molar-refractivity contribution in [2.45, 2.75) is 69.4 Å². The normalized spacial score (nSPS) is 16.5. The first-order valence-electron chi connectivity index (χ1n) is 11.1. The van der Waals surface area contributed by atoms with Crippen LogP contribution < -0.4 is 5.32 Å². The summed E-state index contributed by atoms with van der Waals surface area (Å²) >= 11 is 1.49. The molecule has 1 heterocycles. The summed E-state index contributed by atoms with van der Waals surface area (Å²) in [7, 11) is 0. The van der Waals surface area contributed by atoms with Crippen LogP contribution in [0.2, 0.25) is 0 Å². The van der Waals surface area contributed by atoms with Crippen LogP contribution in [0.1, 0.15) is 55.8 Å². The molecule has 0 saturated heterocycles. The molecule has 0 aliphatic heterocycles. The van der Waals surface area contributed by atoms with E-state index in [0.29, 0.717) is 0 Å². The van der Waals surface area contributed by atoms with Crippen LogP contribution in [0.25, 0.3) is 11.4 Å². The molecule has 6 heteroatoms. The van der Waals surface area contributed by atoms with Crippen LogP contribution in [0.5, 0.6) is 0 Å². The second kappa shape index (κ2) is 9.69. The molecule has 1 aliphatic carbocycles. The van der Waals surface area contributed by atoms with E-state index in [1.165, 1.54) is 28.5 Å². The van der Waals surface area contributed by atoms with E-state index in [4.69, 9.17) is 0 Å². The summed E-state index contributed by atoms with van der Waals surface area (Å²) in [6.07, 6.45) is 4.16. The lowest BCUT2D eigenvalue weighted by atomic mass is 9.88. The minimum Gasteiger partial charge on any atom is -0.348 e. The first kappa shape index (κ1) is 21.6. The second-order valence-electron chi connectivity index (χ2n) is 8.24. The lowest BCUT2D eigenvalue weighted by Crippen LogP contribution is -2.36. The maximum atomic E-state index is 13.0. The highest BCUT2D eigenvalue weighted by Crippen LogP contribution is 2.31. The number of aryl methyl sites for hydroxylation is 2. The third-order valence-electron chi connectivity index (χ3n) is 5.78. The number of amides is 1. The molecule has 5 nitrogen and oxygen atoms in total. The molecule has 0 saturated carbocycles. The molecule has 31 heavy (non-hydrogen) atoms. The number of rotatable bonds is 7. The minimum atomic E-state index is -0.251. The van der Waals surface area contributed by atoms with E-state index in [9.17, 15) is 4.79 Å². The van der Waals surface area contributed by atoms with Gasteiger partial charge >= 0.3 is 0 Å². The van der Waals surface area contributed by atoms with E-state index in [1.54, 1.807) is 0 Å². The van der Waals surface area contributed by atoms with Gasteiger partial charge in [0, 0.05) is 12.1 Å². The Bertz CT molecular complexity index is 1060. The van der Waals surface area contributed by atoms with Gasteiger partial charge in [0.2, 0.25) is 5.91 Å². The molecule has 2 atom stereocenters. The van der Waals surface area contributed by atoms with Crippen LogP contribution in [-0.4, -0.2) is 25.9 Å². The molecule has 2 unspecified atom stereocenters. The Balaban J connectivity index is 1.49. The Morgan fingerprint density at radius 1 is 1.23 bits per heavy atom. The monoisotopic (exact) mass is 434 g/mol. The number of hydrogen-bond acceptors (Lipinski definition) is 4. The molecule has 2 aromatic carbocycles. The van der Waals surface area contributed by atoms with Gasteiger partial charge in [0.15, 0.2) is 11.0 Å². The molecule has 1 amide bonds. The van der Waals surface area contributed by atoms with E-state index in [2.05, 4.69) is 76.4 Å². The number of aromatic nitrogens is 3. The van der Waals surface area contributed by atoms with Gasteiger partial charge in [-0.1, -0.05) is 66.7 Å². The lowest BCUT2D eigenvalue weighted by molar-refractivity contribution is -0.121. The van der Waals surface area contributed by atoms with Gasteiger partial charge in [0.1, 0.15) is 0 Å². The predicted octanol–water partition coefficient (Wildman–Crippen LogP) is 5.34. The molecular formula is C25H30N4OS. The average molecular weight is 435 g/mol. The maximum Gasteiger partial charge on any atom is 0.233 e. The van der Waals surface area contributed by atoms with Crippen molar-refractivity contribution < 1.29 is 4.79 Å². The molecule has 0 spiro atoms. The van der Waals surface area contributed by atoms with Crippen molar-refractivity contribution in [2.75, 3.05) is 0 Å². The zero-order valence-corrected chi connectivity index (χ0v) is 19.3. The number of nitrogens with zero attached hydrogens (tertiary/aromatic N) is 3. The van der Waals surface area contributed by atoms with Crippen molar-refractivity contribution in [3.8, 4) is 11.4 Å². The topological polar surface area (TPSA) is 59.8 Å². The minimum absolute atomic E-state index is 0.0508. The number of nitrogens with one attached hydrogen (secondary N) is 1. The van der Waals surface area contributed by atoms with Gasteiger partial charge in [-0.3, -0.25) is 4.79 Å². The summed E-state index contributed by atoms with van der Waals surface area (Å²) in [5, 5.41) is 12.7. The Morgan fingerprint density at radius 2 is 2.06 bits per heavy atom. The largest absolute Gasteiger partial charge is 0.348 e. The number of fused-ring (bicyclic) bond motifs is 1. The maximum absolute atomic E-state index is 13.0. The third-order valence-corrected chi connectivity index (χ3v) is 6.86. The predicted molar refractivity (Wildman–Crippen MR) is 126 cm³/mol. The molecule has 0 fully saturated rings. The Labute approximate surface area is 188 Å². The zero-order chi connectivity index (χ0) is 21.8. The fourth-order valence-corrected chi connectivity index (χ4v) is 5.09. The summed E-state index contributed by atoms with van der Waals surface area (Å²) in [6.45, 7) is 7.00. The van der Waals surface area contributed by atoms with Crippen molar-refractivity contribution in [1.82, 2.24) is 20.1 Å². The van der Waals surface area contributed by atoms with Gasteiger partial charge in [0.05, 0.1) is 11.3 Å². The fourth-order valence-electron chi connectivity index (χ4n) is 4.20. The zero-order valence-electron chi connectivity index (χ0n) is 18.5. The number of benzene rings is 2. The third kappa shape index (κ3) is 4.85. The SMILES string of the molecule is CCCn1c(SC(C)C(=O)NC2CCCc3ccccc32)nnc1-c1cccc(C)c1. The first-order chi connectivity index (χ1) is 15.1. The van der Waals surface area contributed by atoms with E-state index in [1.807, 2.05) is 13.0 Å². The molecule has 0 radical (unpaired) electrons. The van der Waals surface area contributed by atoms with E-state index in [0.717, 1.165) is 48.8 Å². The smallest absolute Gasteiger partial charge is 0.233 e. The summed E-state index contributed by atoms with van der Waals surface area (Å²) in [6, 6.07) is 16.9. The highest BCUT2D eigenvalue weighted by molar-refractivity contribution is 8.00. The van der Waals surface area contributed by atoms with Crippen molar-refractivity contribution in [2.24, 2.45) is 0 Å². The molecule has 1 N–H and O–H groups in total. The van der Waals surface area contributed by atoms with Crippen molar-refractivity contribution >= 4 is 17.7 Å². The molecule has 1 aromatic heterocycles. The number of thioether (sulfide) groups is 1. The van der Waals surface area contributed by atoms with E-state index >= 15 is 0 Å². The molecule has 0 bridgehead atoms. The van der Waals surface area contributed by atoms with Gasteiger partial charge in [0.25, 0.3) is 0 Å². The van der Waals surface area contributed by atoms with Crippen LogP contribution >= 0.6 is 11.8 Å². The number of carbonyl (C=O) groups excluding carboxylic acids is 1. The molecule has 4 rings (SSSR count). The van der Waals surface area contributed by atoms with E-state index < -0.39 is 0 Å². The lowest BCUT2D eigenvalue weighted by Gasteiger charge is -2.27. The fraction of sp³-hybridized carbons (Fsp3) is 0.400. The van der Waals surface area contributed by atoms with Gasteiger partial charge in [-0.25, -0.2) is 0 Å². The van der Waals surface area contributed by atoms with Crippen molar-refractivity contribution in [3.63, 3.8) is 0 Å². The molecule has 3 aromatic rings. The quantitative estimate of drug-likeness (QED) is 0.510. The van der Waals surface area contributed by atoms with Gasteiger partial charge in [-0.15, -0.1) is 10.2 Å². The number of hydrogen-bond donors (Lipinski definition) is 1. The van der Waals surface area contributed by atoms with Crippen molar-refractivity contribution in [1.29, 1.82) is 0 Å². The highest BCUT2D eigenvalue weighted by Gasteiger charge is 2.25. The van der Waals surface area contributed by atoms with Gasteiger partial charge in [-0.05, 0) is 56.7 Å². The second-order valence-corrected chi connectivity index (χ2v) is 9.55. The van der Waals surface area contributed by atoms with Gasteiger partial charge in [-0.2, -0.15) is 0 Å². The highest BCUT2D eigenvalue weighted by atomic mass is 32.2. The van der Waals surface area contributed by atoms with Crippen LogP contribution in [-0.2, 0) is 17.8 Å². The van der Waals surface area contributed by atoms with Crippen LogP contribution in [0.3, 0.4) is 0 Å². The summed E-state index contributed by atoms with van der Waals surface area (Å²) in [4.78, 5) is 13.0. The Hall–Kier alpha value is -2.60. The first-order valence-corrected chi connectivity index (χ1v) is 12.0. The summed E-state index contributed by atoms with van der Waals surface area (Å²) in [5.41, 5.74) is 4.86. The molecular weight excluding hydrogens is 404 g/mol. The van der Waals surface area contributed by atoms with Gasteiger partial charge < -0.3 is 9.88 Å². The standard InChI is InChI=1S/C25H30N4OS/c1-4-15-29-23(20-12-7-9-17(2)16-20)27-28-25(29)31-18(3)24(30)26-22-14-8-11-19-10-5-6-13-21(19)22/h5-7,9-10,12-13,16,18,22H,4,8,11,14-15H2,1-3H3,(H,26,30). The summed E-state index contributed by atoms with van der Waals surface area (Å²) in [5.74, 6) is 0.914. The molecule has 1 aliphatic rings. The average Bonchev–Trinajstić information content (AvgIpc) is 3.16. The Morgan fingerprint density at radius 3 is 2.87 bits per heavy atom. The van der Waals surface area contributed by atoms with Crippen LogP contribution in [0.15, 0.2) is 53.7 Å². The Kier molecular flexibility index (Phi) is 6.76. The van der Waals surface area contributed by atoms with Crippen LogP contribution in [0.4, 0.5) is 0 Å².